The Morgan fingerprint density at radius 1 is 1.00 bits per heavy atom. The van der Waals surface area contributed by atoms with Crippen LogP contribution in [0.4, 0.5) is 4.79 Å². The molecule has 3 rings (SSSR count). The van der Waals surface area contributed by atoms with Crippen LogP contribution < -0.4 is 10.6 Å². The van der Waals surface area contributed by atoms with Gasteiger partial charge in [0.1, 0.15) is 12.6 Å². The number of aliphatic hydroxyl groups excluding tert-OH is 1. The summed E-state index contributed by atoms with van der Waals surface area (Å²) in [7, 11) is 0. The lowest BCUT2D eigenvalue weighted by Gasteiger charge is -2.22. The second kappa shape index (κ2) is 10.3. The van der Waals surface area contributed by atoms with Crippen molar-refractivity contribution in [3.05, 3.63) is 59.7 Å². The van der Waals surface area contributed by atoms with Gasteiger partial charge < -0.3 is 25.6 Å². The van der Waals surface area contributed by atoms with Crippen molar-refractivity contribution in [1.29, 1.82) is 0 Å². The lowest BCUT2D eigenvalue weighted by molar-refractivity contribution is -0.147. The van der Waals surface area contributed by atoms with Gasteiger partial charge in [0.05, 0.1) is 0 Å². The Kier molecular flexibility index (Phi) is 7.48. The number of carbonyl (C=O) groups excluding carboxylic acids is 2. The van der Waals surface area contributed by atoms with Crippen molar-refractivity contribution >= 4 is 18.0 Å². The molecule has 2 aromatic rings. The van der Waals surface area contributed by atoms with Crippen LogP contribution in [0.15, 0.2) is 48.5 Å². The maximum absolute atomic E-state index is 12.5. The average molecular weight is 440 g/mol. The molecule has 0 heterocycles. The molecule has 1 aliphatic rings. The quantitative estimate of drug-likeness (QED) is 0.475. The number of amides is 2. The molecule has 2 amide bonds. The molecule has 0 aromatic heterocycles. The number of carboxylic acid groups (broad SMARTS) is 1. The first-order chi connectivity index (χ1) is 15.3. The lowest BCUT2D eigenvalue weighted by atomic mass is 9.98. The van der Waals surface area contributed by atoms with Gasteiger partial charge in [-0.3, -0.25) is 4.79 Å². The number of aliphatic carboxylic acids is 1. The Morgan fingerprint density at radius 2 is 1.56 bits per heavy atom. The number of nitrogens with one attached hydrogen (secondary N) is 2. The topological polar surface area (TPSA) is 125 Å². The van der Waals surface area contributed by atoms with Crippen molar-refractivity contribution in [2.45, 2.75) is 38.3 Å². The Bertz CT molecular complexity index is 944. The summed E-state index contributed by atoms with van der Waals surface area (Å²) in [6, 6.07) is 15.2. The molecule has 0 bridgehead atoms. The largest absolute Gasteiger partial charge is 0.479 e. The first-order valence-corrected chi connectivity index (χ1v) is 10.6. The minimum atomic E-state index is -1.55. The zero-order valence-electron chi connectivity index (χ0n) is 18.1. The summed E-state index contributed by atoms with van der Waals surface area (Å²) in [6.07, 6.45) is -2.38. The van der Waals surface area contributed by atoms with Gasteiger partial charge in [-0.25, -0.2) is 9.59 Å². The molecular weight excluding hydrogens is 412 g/mol. The van der Waals surface area contributed by atoms with E-state index in [0.717, 1.165) is 22.3 Å². The van der Waals surface area contributed by atoms with Crippen LogP contribution in [-0.2, 0) is 14.3 Å². The smallest absolute Gasteiger partial charge is 0.407 e. The van der Waals surface area contributed by atoms with Crippen LogP contribution in [0.2, 0.25) is 0 Å². The number of rotatable bonds is 9. The predicted molar refractivity (Wildman–Crippen MR) is 118 cm³/mol. The first-order valence-electron chi connectivity index (χ1n) is 10.6. The monoisotopic (exact) mass is 440 g/mol. The van der Waals surface area contributed by atoms with E-state index >= 15 is 0 Å². The second-order valence-corrected chi connectivity index (χ2v) is 8.13. The second-order valence-electron chi connectivity index (χ2n) is 8.13. The first kappa shape index (κ1) is 23.3. The van der Waals surface area contributed by atoms with Crippen LogP contribution in [0.3, 0.4) is 0 Å². The van der Waals surface area contributed by atoms with E-state index in [0.29, 0.717) is 0 Å². The number of ether oxygens (including phenoxy) is 1. The van der Waals surface area contributed by atoms with E-state index in [-0.39, 0.29) is 31.4 Å². The Hall–Kier alpha value is -3.39. The van der Waals surface area contributed by atoms with Crippen molar-refractivity contribution in [3.8, 4) is 11.1 Å². The molecule has 0 aliphatic heterocycles. The highest BCUT2D eigenvalue weighted by Crippen LogP contribution is 2.44. The van der Waals surface area contributed by atoms with Gasteiger partial charge in [-0.1, -0.05) is 62.4 Å². The summed E-state index contributed by atoms with van der Waals surface area (Å²) in [5, 5.41) is 23.1. The van der Waals surface area contributed by atoms with Crippen LogP contribution in [0.5, 0.6) is 0 Å². The van der Waals surface area contributed by atoms with E-state index in [9.17, 15) is 19.5 Å². The summed E-state index contributed by atoms with van der Waals surface area (Å²) in [5.41, 5.74) is 4.44. The number of hydrogen-bond acceptors (Lipinski definition) is 5. The fourth-order valence-electron chi connectivity index (χ4n) is 3.87. The van der Waals surface area contributed by atoms with Gasteiger partial charge in [-0.15, -0.1) is 0 Å². The third-order valence-corrected chi connectivity index (χ3v) is 5.57. The zero-order chi connectivity index (χ0) is 23.3. The fraction of sp³-hybridized carbons (Fsp3) is 0.375. The van der Waals surface area contributed by atoms with Gasteiger partial charge in [-0.2, -0.15) is 0 Å². The summed E-state index contributed by atoms with van der Waals surface area (Å²) in [5.74, 6) is -2.13. The minimum Gasteiger partial charge on any atom is -0.479 e. The maximum atomic E-state index is 12.5. The van der Waals surface area contributed by atoms with Crippen molar-refractivity contribution < 1.29 is 29.3 Å². The summed E-state index contributed by atoms with van der Waals surface area (Å²) < 4.78 is 5.50. The molecule has 1 aliphatic carbocycles. The highest BCUT2D eigenvalue weighted by molar-refractivity contribution is 5.86. The molecule has 0 saturated heterocycles. The van der Waals surface area contributed by atoms with Crippen molar-refractivity contribution in [1.82, 2.24) is 10.6 Å². The fourth-order valence-corrected chi connectivity index (χ4v) is 3.87. The molecule has 32 heavy (non-hydrogen) atoms. The van der Waals surface area contributed by atoms with E-state index in [1.54, 1.807) is 13.8 Å². The molecule has 0 fully saturated rings. The van der Waals surface area contributed by atoms with E-state index in [1.807, 2.05) is 36.4 Å². The SMILES string of the molecule is CC(C)[C@@H](NC(=O)OCC1c2ccccc2-c2ccccc21)C(=O)NCC[C@H](O)C(=O)O. The number of hydrogen-bond donors (Lipinski definition) is 4. The van der Waals surface area contributed by atoms with Crippen LogP contribution in [-0.4, -0.2) is 53.5 Å². The van der Waals surface area contributed by atoms with Crippen molar-refractivity contribution in [2.24, 2.45) is 5.92 Å². The molecule has 2 aromatic carbocycles. The van der Waals surface area contributed by atoms with Gasteiger partial charge in [0.15, 0.2) is 6.10 Å². The molecule has 0 unspecified atom stereocenters. The van der Waals surface area contributed by atoms with Crippen molar-refractivity contribution in [3.63, 3.8) is 0 Å². The van der Waals surface area contributed by atoms with Gasteiger partial charge >= 0.3 is 12.1 Å². The van der Waals surface area contributed by atoms with Gasteiger partial charge in [0.25, 0.3) is 0 Å². The Labute approximate surface area is 186 Å². The molecule has 8 nitrogen and oxygen atoms in total. The van der Waals surface area contributed by atoms with E-state index < -0.39 is 30.1 Å². The van der Waals surface area contributed by atoms with Crippen molar-refractivity contribution in [2.75, 3.05) is 13.2 Å². The summed E-state index contributed by atoms with van der Waals surface area (Å²) >= 11 is 0. The summed E-state index contributed by atoms with van der Waals surface area (Å²) in [4.78, 5) is 35.6. The number of fused-ring (bicyclic) bond motifs is 3. The molecule has 0 saturated carbocycles. The highest BCUT2D eigenvalue weighted by Gasteiger charge is 2.30. The van der Waals surface area contributed by atoms with Crippen LogP contribution in [0, 0.1) is 5.92 Å². The molecule has 2 atom stereocenters. The molecule has 0 spiro atoms. The maximum Gasteiger partial charge on any atom is 0.407 e. The minimum absolute atomic E-state index is 0.0259. The van der Waals surface area contributed by atoms with Gasteiger partial charge in [0, 0.05) is 18.9 Å². The van der Waals surface area contributed by atoms with Crippen LogP contribution >= 0.6 is 0 Å². The normalized spacial score (nSPS) is 14.2. The number of carbonyl (C=O) groups is 3. The van der Waals surface area contributed by atoms with Crippen LogP contribution in [0.25, 0.3) is 11.1 Å². The molecular formula is C24H28N2O6. The molecule has 0 radical (unpaired) electrons. The predicted octanol–water partition coefficient (Wildman–Crippen LogP) is 2.50. The molecule has 8 heteroatoms. The van der Waals surface area contributed by atoms with Gasteiger partial charge in [-0.05, 0) is 28.2 Å². The number of benzene rings is 2. The lowest BCUT2D eigenvalue weighted by Crippen LogP contribution is -2.50. The number of alkyl carbamates (subject to hydrolysis) is 1. The average Bonchev–Trinajstić information content (AvgIpc) is 3.09. The van der Waals surface area contributed by atoms with E-state index in [1.165, 1.54) is 0 Å². The highest BCUT2D eigenvalue weighted by atomic mass is 16.5. The molecule has 170 valence electrons. The van der Waals surface area contributed by atoms with Crippen LogP contribution in [0.1, 0.15) is 37.3 Å². The molecule has 4 N–H and O–H groups in total. The number of aliphatic hydroxyl groups is 1. The standard InChI is InChI=1S/C24H28N2O6/c1-14(2)21(22(28)25-12-11-20(27)23(29)30)26-24(31)32-13-19-17-9-5-3-7-15(17)16-8-4-6-10-18(16)19/h3-10,14,19-21,27H,11-13H2,1-2H3,(H,25,28)(H,26,31)(H,29,30)/t20-,21+/m0/s1. The van der Waals surface area contributed by atoms with Gasteiger partial charge in [0.2, 0.25) is 5.91 Å². The third-order valence-electron chi connectivity index (χ3n) is 5.57. The Balaban J connectivity index is 1.58. The Morgan fingerprint density at radius 3 is 2.09 bits per heavy atom. The number of carboxylic acids is 1. The summed E-state index contributed by atoms with van der Waals surface area (Å²) in [6.45, 7) is 3.67. The zero-order valence-corrected chi connectivity index (χ0v) is 18.1. The third kappa shape index (κ3) is 5.26. The van der Waals surface area contributed by atoms with E-state index in [2.05, 4.69) is 22.8 Å². The van der Waals surface area contributed by atoms with E-state index in [4.69, 9.17) is 9.84 Å².